The van der Waals surface area contributed by atoms with Crippen molar-refractivity contribution in [2.24, 2.45) is 0 Å². The van der Waals surface area contributed by atoms with Crippen molar-refractivity contribution >= 4 is 56.9 Å². The molecule has 1 saturated heterocycles. The van der Waals surface area contributed by atoms with E-state index in [4.69, 9.17) is 18.0 Å². The fourth-order valence-corrected chi connectivity index (χ4v) is 5.33. The van der Waals surface area contributed by atoms with Gasteiger partial charge in [0, 0.05) is 30.2 Å². The lowest BCUT2D eigenvalue weighted by Gasteiger charge is -2.13. The molecule has 0 aliphatic carbocycles. The number of hydrogen-bond acceptors (Lipinski definition) is 8. The Kier molecular flexibility index (Phi) is 6.82. The number of hydrogen-bond donors (Lipinski definition) is 2. The molecule has 0 spiro atoms. The number of thioether (sulfide) groups is 1. The van der Waals surface area contributed by atoms with E-state index in [1.165, 1.54) is 11.8 Å². The summed E-state index contributed by atoms with van der Waals surface area (Å²) in [4.78, 5) is 19.7. The Bertz CT molecular complexity index is 1420. The number of aromatic amines is 1. The molecule has 1 fully saturated rings. The first-order chi connectivity index (χ1) is 17.1. The number of carbonyl (C=O) groups is 1. The number of benzene rings is 2. The molecule has 3 N–H and O–H groups in total. The number of aryl methyl sites for hydroxylation is 1. The highest BCUT2D eigenvalue weighted by Crippen LogP contribution is 2.34. The van der Waals surface area contributed by atoms with E-state index in [1.54, 1.807) is 17.2 Å². The van der Waals surface area contributed by atoms with Crippen molar-refractivity contribution in [1.82, 2.24) is 30.5 Å². The largest absolute Gasteiger partial charge is 0.398 e. The molecule has 1 aliphatic heterocycles. The van der Waals surface area contributed by atoms with Crippen LogP contribution in [0.25, 0.3) is 28.1 Å². The van der Waals surface area contributed by atoms with Crippen molar-refractivity contribution < 1.29 is 4.79 Å². The van der Waals surface area contributed by atoms with Crippen LogP contribution in [-0.4, -0.2) is 47.3 Å². The Morgan fingerprint density at radius 3 is 2.83 bits per heavy atom. The topological polar surface area (TPSA) is 114 Å². The van der Waals surface area contributed by atoms with Gasteiger partial charge in [0.1, 0.15) is 4.32 Å². The molecule has 3 heterocycles. The summed E-state index contributed by atoms with van der Waals surface area (Å²) in [6.45, 7) is 0.612. The summed E-state index contributed by atoms with van der Waals surface area (Å²) in [6, 6.07) is 16.0. The van der Waals surface area contributed by atoms with Gasteiger partial charge >= 0.3 is 0 Å². The monoisotopic (exact) mass is 501 g/mol. The molecular weight excluding hydrogens is 478 g/mol. The van der Waals surface area contributed by atoms with E-state index in [-0.39, 0.29) is 5.91 Å². The van der Waals surface area contributed by atoms with Crippen LogP contribution in [-0.2, 0) is 11.2 Å². The maximum atomic E-state index is 13.0. The van der Waals surface area contributed by atoms with Crippen molar-refractivity contribution in [3.05, 3.63) is 71.0 Å². The average molecular weight is 502 g/mol. The number of amides is 1. The molecule has 176 valence electrons. The van der Waals surface area contributed by atoms with Gasteiger partial charge in [0.15, 0.2) is 5.82 Å². The van der Waals surface area contributed by atoms with Gasteiger partial charge < -0.3 is 5.73 Å². The molecule has 0 saturated carbocycles. The highest BCUT2D eigenvalue weighted by Gasteiger charge is 2.31. The summed E-state index contributed by atoms with van der Waals surface area (Å²) in [7, 11) is 0. The highest BCUT2D eigenvalue weighted by molar-refractivity contribution is 8.26. The number of fused-ring (bicyclic) bond motifs is 1. The predicted octanol–water partition coefficient (Wildman–Crippen LogP) is 4.61. The lowest BCUT2D eigenvalue weighted by molar-refractivity contribution is -0.122. The van der Waals surface area contributed by atoms with Crippen LogP contribution >= 0.6 is 24.0 Å². The fraction of sp³-hybridized carbons (Fsp3) is 0.200. The maximum absolute atomic E-state index is 13.0. The molecule has 4 aromatic rings. The summed E-state index contributed by atoms with van der Waals surface area (Å²) in [5, 5.41) is 14.9. The van der Waals surface area contributed by atoms with Crippen LogP contribution < -0.4 is 5.73 Å². The standard InChI is InChI=1S/C25H23N7OS2/c26-20-10-11-27-21-9-8-18(15-19(20)21)17-6-4-5-16(13-17)14-22-24(33)32(25(34)35-22)12-3-1-2-7-23-28-30-31-29-23/h4-6,8-11,13-15H,1-3,7,12H2,(H2,26,27)(H,28,29,30,31). The first kappa shape index (κ1) is 23.1. The van der Waals surface area contributed by atoms with E-state index in [2.05, 4.69) is 37.7 Å². The minimum absolute atomic E-state index is 0.0341. The Morgan fingerprint density at radius 1 is 1.09 bits per heavy atom. The molecule has 0 atom stereocenters. The highest BCUT2D eigenvalue weighted by atomic mass is 32.2. The fourth-order valence-electron chi connectivity index (χ4n) is 4.02. The van der Waals surface area contributed by atoms with Gasteiger partial charge in [0.25, 0.3) is 5.91 Å². The molecule has 1 aliphatic rings. The molecule has 0 bridgehead atoms. The Labute approximate surface area is 212 Å². The number of nitrogens with zero attached hydrogens (tertiary/aromatic N) is 5. The quantitative estimate of drug-likeness (QED) is 0.204. The third-order valence-corrected chi connectivity index (χ3v) is 7.22. The maximum Gasteiger partial charge on any atom is 0.266 e. The van der Waals surface area contributed by atoms with Gasteiger partial charge in [-0.15, -0.1) is 10.2 Å². The zero-order valence-corrected chi connectivity index (χ0v) is 20.5. The summed E-state index contributed by atoms with van der Waals surface area (Å²) < 4.78 is 0.605. The van der Waals surface area contributed by atoms with Crippen LogP contribution in [0.3, 0.4) is 0 Å². The number of tetrazole rings is 1. The van der Waals surface area contributed by atoms with Crippen molar-refractivity contribution in [1.29, 1.82) is 0 Å². The number of H-pyrrole nitrogens is 1. The number of aromatic nitrogens is 5. The lowest BCUT2D eigenvalue weighted by Crippen LogP contribution is -2.29. The number of unbranched alkanes of at least 4 members (excludes halogenated alkanes) is 2. The summed E-state index contributed by atoms with van der Waals surface area (Å²) in [5.41, 5.74) is 10.7. The number of anilines is 1. The van der Waals surface area contributed by atoms with Crippen LogP contribution in [0.1, 0.15) is 30.7 Å². The van der Waals surface area contributed by atoms with Crippen molar-refractivity contribution in [3.8, 4) is 11.1 Å². The lowest BCUT2D eigenvalue weighted by atomic mass is 10.0. The molecule has 0 unspecified atom stereocenters. The Hall–Kier alpha value is -3.63. The normalized spacial score (nSPS) is 15.0. The first-order valence-corrected chi connectivity index (χ1v) is 12.5. The number of thiocarbonyl (C=S) groups is 1. The zero-order valence-electron chi connectivity index (χ0n) is 18.8. The SMILES string of the molecule is Nc1ccnc2ccc(-c3cccc(C=C4SC(=S)N(CCCCCc5nn[nH]n5)C4=O)c3)cc12. The molecule has 10 heteroatoms. The van der Waals surface area contributed by atoms with Gasteiger partial charge in [-0.1, -0.05) is 59.9 Å². The van der Waals surface area contributed by atoms with Crippen LogP contribution in [0.4, 0.5) is 5.69 Å². The molecule has 5 rings (SSSR count). The third-order valence-electron chi connectivity index (χ3n) is 5.84. The van der Waals surface area contributed by atoms with Gasteiger partial charge in [0.05, 0.1) is 10.4 Å². The van der Waals surface area contributed by atoms with E-state index in [0.29, 0.717) is 27.3 Å². The van der Waals surface area contributed by atoms with Crippen molar-refractivity contribution in [2.45, 2.75) is 25.7 Å². The van der Waals surface area contributed by atoms with E-state index < -0.39 is 0 Å². The van der Waals surface area contributed by atoms with Gasteiger partial charge in [-0.25, -0.2) is 0 Å². The molecule has 1 amide bonds. The van der Waals surface area contributed by atoms with E-state index in [9.17, 15) is 4.79 Å². The second kappa shape index (κ2) is 10.3. The summed E-state index contributed by atoms with van der Waals surface area (Å²) >= 11 is 6.85. The summed E-state index contributed by atoms with van der Waals surface area (Å²) in [5.74, 6) is 0.678. The van der Waals surface area contributed by atoms with E-state index in [0.717, 1.165) is 53.3 Å². The molecule has 0 radical (unpaired) electrons. The number of nitrogens with one attached hydrogen (secondary N) is 1. The number of nitrogens with two attached hydrogens (primary N) is 1. The first-order valence-electron chi connectivity index (χ1n) is 11.3. The predicted molar refractivity (Wildman–Crippen MR) is 143 cm³/mol. The Balaban J connectivity index is 1.26. The number of rotatable bonds is 8. The van der Waals surface area contributed by atoms with Crippen LogP contribution in [0.2, 0.25) is 0 Å². The van der Waals surface area contributed by atoms with Gasteiger partial charge in [-0.3, -0.25) is 14.7 Å². The third kappa shape index (κ3) is 5.23. The molecule has 2 aromatic carbocycles. The molecule has 2 aromatic heterocycles. The van der Waals surface area contributed by atoms with Gasteiger partial charge in [-0.05, 0) is 59.9 Å². The smallest absolute Gasteiger partial charge is 0.266 e. The van der Waals surface area contributed by atoms with E-state index in [1.807, 2.05) is 36.4 Å². The minimum Gasteiger partial charge on any atom is -0.398 e. The van der Waals surface area contributed by atoms with E-state index >= 15 is 0 Å². The van der Waals surface area contributed by atoms with Gasteiger partial charge in [0.2, 0.25) is 0 Å². The number of carbonyl (C=O) groups excluding carboxylic acids is 1. The molecule has 8 nitrogen and oxygen atoms in total. The Morgan fingerprint density at radius 2 is 1.97 bits per heavy atom. The second-order valence-corrected chi connectivity index (χ2v) is 9.91. The minimum atomic E-state index is -0.0341. The number of pyridine rings is 1. The molecule has 35 heavy (non-hydrogen) atoms. The van der Waals surface area contributed by atoms with Gasteiger partial charge in [-0.2, -0.15) is 5.21 Å². The van der Waals surface area contributed by atoms with Crippen molar-refractivity contribution in [2.75, 3.05) is 12.3 Å². The van der Waals surface area contributed by atoms with Crippen molar-refractivity contribution in [3.63, 3.8) is 0 Å². The second-order valence-electron chi connectivity index (χ2n) is 8.23. The summed E-state index contributed by atoms with van der Waals surface area (Å²) in [6.07, 6.45) is 7.16. The average Bonchev–Trinajstić information content (AvgIpc) is 3.48. The van der Waals surface area contributed by atoms with Crippen LogP contribution in [0.15, 0.2) is 59.6 Å². The van der Waals surface area contributed by atoms with Crippen LogP contribution in [0, 0.1) is 0 Å². The molecular formula is C25H23N7OS2. The zero-order chi connectivity index (χ0) is 24.2. The van der Waals surface area contributed by atoms with Crippen LogP contribution in [0.5, 0.6) is 0 Å². The number of nitrogen functional groups attached to an aromatic ring is 1.